The Morgan fingerprint density at radius 2 is 2.24 bits per heavy atom. The highest BCUT2D eigenvalue weighted by Crippen LogP contribution is 2.26. The fraction of sp³-hybridized carbons (Fsp3) is 0.538. The summed E-state index contributed by atoms with van der Waals surface area (Å²) in [6, 6.07) is 5.93. The Kier molecular flexibility index (Phi) is 7.00. The fourth-order valence-corrected chi connectivity index (χ4v) is 2.96. The molecule has 1 rings (SSSR count). The second-order valence-corrected chi connectivity index (χ2v) is 5.91. The molecule has 0 heterocycles. The van der Waals surface area contributed by atoms with E-state index < -0.39 is 0 Å². The first kappa shape index (κ1) is 14.9. The zero-order valence-corrected chi connectivity index (χ0v) is 12.7. The van der Waals surface area contributed by atoms with Crippen LogP contribution in [0, 0.1) is 0 Å². The van der Waals surface area contributed by atoms with Crippen LogP contribution >= 0.6 is 27.7 Å². The van der Waals surface area contributed by atoms with Crippen molar-refractivity contribution in [2.45, 2.75) is 25.9 Å². The molecule has 2 nitrogen and oxygen atoms in total. The molecule has 0 amide bonds. The Hall–Kier alpha value is -0.190. The van der Waals surface area contributed by atoms with E-state index in [4.69, 9.17) is 4.74 Å². The van der Waals surface area contributed by atoms with Gasteiger partial charge in [0.1, 0.15) is 5.75 Å². The van der Waals surface area contributed by atoms with Crippen molar-refractivity contribution in [3.63, 3.8) is 0 Å². The van der Waals surface area contributed by atoms with Crippen LogP contribution in [0.25, 0.3) is 0 Å². The molecule has 0 saturated heterocycles. The molecule has 1 aromatic carbocycles. The van der Waals surface area contributed by atoms with E-state index >= 15 is 0 Å². The Balaban J connectivity index is 2.48. The van der Waals surface area contributed by atoms with Gasteiger partial charge in [0.25, 0.3) is 0 Å². The third-order valence-electron chi connectivity index (χ3n) is 2.35. The van der Waals surface area contributed by atoms with Gasteiger partial charge >= 0.3 is 0 Å². The van der Waals surface area contributed by atoms with Crippen molar-refractivity contribution >= 4 is 27.7 Å². The van der Waals surface area contributed by atoms with E-state index in [2.05, 4.69) is 22.9 Å². The number of hydrogen-bond donors (Lipinski definition) is 1. The van der Waals surface area contributed by atoms with Crippen molar-refractivity contribution < 1.29 is 9.84 Å². The van der Waals surface area contributed by atoms with Gasteiger partial charge in [-0.15, -0.1) is 0 Å². The average Bonchev–Trinajstić information content (AvgIpc) is 2.29. The predicted octanol–water partition coefficient (Wildman–Crippen LogP) is 3.50. The van der Waals surface area contributed by atoms with Gasteiger partial charge in [-0.1, -0.05) is 13.0 Å². The molecule has 0 aromatic heterocycles. The Morgan fingerprint density at radius 1 is 1.47 bits per heavy atom. The van der Waals surface area contributed by atoms with E-state index in [-0.39, 0.29) is 6.10 Å². The highest BCUT2D eigenvalue weighted by Gasteiger charge is 2.07. The van der Waals surface area contributed by atoms with E-state index in [1.165, 1.54) is 0 Å². The monoisotopic (exact) mass is 318 g/mol. The van der Waals surface area contributed by atoms with E-state index in [0.29, 0.717) is 6.42 Å². The number of aliphatic hydroxyl groups is 1. The minimum absolute atomic E-state index is 0.271. The standard InChI is InChI=1S/C13H19BrO2S/c1-3-6-17-9-11(15)7-10-4-5-13(16-2)12(14)8-10/h4-5,8,11,15H,3,6-7,9H2,1-2H3. The van der Waals surface area contributed by atoms with Crippen molar-refractivity contribution in [1.82, 2.24) is 0 Å². The maximum Gasteiger partial charge on any atom is 0.133 e. The van der Waals surface area contributed by atoms with Gasteiger partial charge in [-0.3, -0.25) is 0 Å². The topological polar surface area (TPSA) is 29.5 Å². The summed E-state index contributed by atoms with van der Waals surface area (Å²) in [6.07, 6.45) is 1.58. The average molecular weight is 319 g/mol. The van der Waals surface area contributed by atoms with E-state index in [0.717, 1.165) is 33.7 Å². The van der Waals surface area contributed by atoms with Crippen LogP contribution < -0.4 is 4.74 Å². The fourth-order valence-electron chi connectivity index (χ4n) is 1.53. The van der Waals surface area contributed by atoms with E-state index in [1.54, 1.807) is 18.9 Å². The molecule has 4 heteroatoms. The maximum atomic E-state index is 9.88. The second kappa shape index (κ2) is 8.01. The van der Waals surface area contributed by atoms with Crippen LogP contribution in [0.1, 0.15) is 18.9 Å². The predicted molar refractivity (Wildman–Crippen MR) is 78.0 cm³/mol. The minimum Gasteiger partial charge on any atom is -0.496 e. The van der Waals surface area contributed by atoms with Gasteiger partial charge in [0.05, 0.1) is 17.7 Å². The first-order valence-corrected chi connectivity index (χ1v) is 7.70. The van der Waals surface area contributed by atoms with Gasteiger partial charge < -0.3 is 9.84 Å². The van der Waals surface area contributed by atoms with Crippen LogP contribution in [-0.2, 0) is 6.42 Å². The second-order valence-electron chi connectivity index (χ2n) is 3.90. The lowest BCUT2D eigenvalue weighted by atomic mass is 10.1. The highest BCUT2D eigenvalue weighted by molar-refractivity contribution is 9.10. The number of thioether (sulfide) groups is 1. The lowest BCUT2D eigenvalue weighted by Crippen LogP contribution is -2.13. The van der Waals surface area contributed by atoms with Crippen LogP contribution in [0.15, 0.2) is 22.7 Å². The van der Waals surface area contributed by atoms with Crippen molar-refractivity contribution in [3.8, 4) is 5.75 Å². The summed E-state index contributed by atoms with van der Waals surface area (Å²) in [5, 5.41) is 9.88. The third kappa shape index (κ3) is 5.32. The zero-order valence-electron chi connectivity index (χ0n) is 10.3. The smallest absolute Gasteiger partial charge is 0.133 e. The molecule has 0 fully saturated rings. The minimum atomic E-state index is -0.271. The molecule has 96 valence electrons. The van der Waals surface area contributed by atoms with Crippen LogP contribution in [0.4, 0.5) is 0 Å². The summed E-state index contributed by atoms with van der Waals surface area (Å²) >= 11 is 5.26. The molecule has 0 radical (unpaired) electrons. The van der Waals surface area contributed by atoms with Gasteiger partial charge in [-0.2, -0.15) is 11.8 Å². The molecule has 1 unspecified atom stereocenters. The molecule has 1 N–H and O–H groups in total. The van der Waals surface area contributed by atoms with E-state index in [1.807, 2.05) is 18.2 Å². The molecule has 17 heavy (non-hydrogen) atoms. The van der Waals surface area contributed by atoms with Crippen molar-refractivity contribution in [1.29, 1.82) is 0 Å². The molecular formula is C13H19BrO2S. The zero-order chi connectivity index (χ0) is 12.7. The largest absolute Gasteiger partial charge is 0.496 e. The normalized spacial score (nSPS) is 12.5. The van der Waals surface area contributed by atoms with Crippen molar-refractivity contribution in [3.05, 3.63) is 28.2 Å². The molecular weight excluding hydrogens is 300 g/mol. The summed E-state index contributed by atoms with van der Waals surface area (Å²) < 4.78 is 6.11. The van der Waals surface area contributed by atoms with Gasteiger partial charge in [-0.05, 0) is 52.2 Å². The molecule has 1 aromatic rings. The lowest BCUT2D eigenvalue weighted by Gasteiger charge is -2.11. The summed E-state index contributed by atoms with van der Waals surface area (Å²) in [7, 11) is 1.65. The summed E-state index contributed by atoms with van der Waals surface area (Å²) in [5.41, 5.74) is 1.13. The van der Waals surface area contributed by atoms with Crippen LogP contribution in [0.2, 0.25) is 0 Å². The number of rotatable bonds is 7. The Labute approximate surface area is 116 Å². The van der Waals surface area contributed by atoms with Crippen molar-refractivity contribution in [2.75, 3.05) is 18.6 Å². The first-order chi connectivity index (χ1) is 8.17. The third-order valence-corrected chi connectivity index (χ3v) is 4.28. The van der Waals surface area contributed by atoms with Crippen LogP contribution in [-0.4, -0.2) is 29.8 Å². The maximum absolute atomic E-state index is 9.88. The molecule has 0 aliphatic heterocycles. The number of halogens is 1. The number of hydrogen-bond acceptors (Lipinski definition) is 3. The molecule has 0 saturated carbocycles. The van der Waals surface area contributed by atoms with E-state index in [9.17, 15) is 5.11 Å². The number of benzene rings is 1. The Morgan fingerprint density at radius 3 is 2.82 bits per heavy atom. The van der Waals surface area contributed by atoms with Gasteiger partial charge in [0.15, 0.2) is 0 Å². The van der Waals surface area contributed by atoms with Crippen LogP contribution in [0.3, 0.4) is 0 Å². The van der Waals surface area contributed by atoms with Gasteiger partial charge in [0, 0.05) is 5.75 Å². The summed E-state index contributed by atoms with van der Waals surface area (Å²) in [4.78, 5) is 0. The first-order valence-electron chi connectivity index (χ1n) is 5.75. The lowest BCUT2D eigenvalue weighted by molar-refractivity contribution is 0.200. The summed E-state index contributed by atoms with van der Waals surface area (Å²) in [6.45, 7) is 2.15. The quantitative estimate of drug-likeness (QED) is 0.780. The van der Waals surface area contributed by atoms with Gasteiger partial charge in [-0.25, -0.2) is 0 Å². The number of ether oxygens (including phenoxy) is 1. The SMILES string of the molecule is CCCSCC(O)Cc1ccc(OC)c(Br)c1. The summed E-state index contributed by atoms with van der Waals surface area (Å²) in [5.74, 6) is 2.74. The highest BCUT2D eigenvalue weighted by atomic mass is 79.9. The van der Waals surface area contributed by atoms with Gasteiger partial charge in [0.2, 0.25) is 0 Å². The molecule has 0 spiro atoms. The van der Waals surface area contributed by atoms with Crippen LogP contribution in [0.5, 0.6) is 5.75 Å². The molecule has 1 atom stereocenters. The number of methoxy groups -OCH3 is 1. The molecule has 0 bridgehead atoms. The van der Waals surface area contributed by atoms with Crippen molar-refractivity contribution in [2.24, 2.45) is 0 Å². The molecule has 0 aliphatic carbocycles. The Bertz CT molecular complexity index is 344. The number of aliphatic hydroxyl groups excluding tert-OH is 1. The molecule has 0 aliphatic rings.